The summed E-state index contributed by atoms with van der Waals surface area (Å²) >= 11 is 0. The highest BCUT2D eigenvalue weighted by Crippen LogP contribution is 2.48. The molecule has 1 N–H and O–H groups in total. The van der Waals surface area contributed by atoms with Crippen molar-refractivity contribution in [3.63, 3.8) is 0 Å². The van der Waals surface area contributed by atoms with Crippen LogP contribution in [0.3, 0.4) is 0 Å². The van der Waals surface area contributed by atoms with Crippen molar-refractivity contribution < 1.29 is 14.6 Å². The number of benzene rings is 1. The minimum absolute atomic E-state index is 0.271. The van der Waals surface area contributed by atoms with Gasteiger partial charge >= 0.3 is 5.97 Å². The van der Waals surface area contributed by atoms with E-state index in [2.05, 4.69) is 0 Å². The zero-order valence-corrected chi connectivity index (χ0v) is 10.5. The van der Waals surface area contributed by atoms with E-state index in [1.807, 2.05) is 32.0 Å². The number of hydrogen-bond acceptors (Lipinski definition) is 2. The van der Waals surface area contributed by atoms with E-state index in [-0.39, 0.29) is 5.92 Å². The van der Waals surface area contributed by atoms with Crippen LogP contribution in [0.5, 0.6) is 5.75 Å². The van der Waals surface area contributed by atoms with Crippen LogP contribution in [0.25, 0.3) is 0 Å². The normalized spacial score (nSPS) is 18.5. The summed E-state index contributed by atoms with van der Waals surface area (Å²) in [6.07, 6.45) is 2.02. The van der Waals surface area contributed by atoms with E-state index in [0.29, 0.717) is 0 Å². The number of aryl methyl sites for hydroxylation is 1. The van der Waals surface area contributed by atoms with Gasteiger partial charge in [0.05, 0.1) is 12.5 Å². The van der Waals surface area contributed by atoms with Crippen LogP contribution < -0.4 is 4.74 Å². The Kier molecular flexibility index (Phi) is 2.86. The van der Waals surface area contributed by atoms with Crippen molar-refractivity contribution in [2.75, 3.05) is 7.11 Å². The number of hydrogen-bond donors (Lipinski definition) is 1. The first kappa shape index (κ1) is 12.0. The van der Waals surface area contributed by atoms with E-state index < -0.39 is 11.4 Å². The molecule has 3 heteroatoms. The first-order chi connectivity index (χ1) is 8.00. The van der Waals surface area contributed by atoms with Crippen LogP contribution in [-0.4, -0.2) is 18.2 Å². The Balaban J connectivity index is 2.44. The third-order valence-corrected chi connectivity index (χ3v) is 3.83. The fraction of sp³-hybridized carbons (Fsp3) is 0.500. The number of carboxylic acid groups (broad SMARTS) is 1. The molecular formula is C14H18O3. The number of ether oxygens (including phenoxy) is 1. The smallest absolute Gasteiger partial charge is 0.314 e. The summed E-state index contributed by atoms with van der Waals surface area (Å²) < 4.78 is 5.20. The minimum atomic E-state index is -0.753. The number of aliphatic carboxylic acids is 1. The second kappa shape index (κ2) is 4.06. The first-order valence-electron chi connectivity index (χ1n) is 5.88. The summed E-state index contributed by atoms with van der Waals surface area (Å²) in [5.41, 5.74) is 1.11. The Morgan fingerprint density at radius 3 is 2.53 bits per heavy atom. The van der Waals surface area contributed by atoms with Crippen LogP contribution >= 0.6 is 0 Å². The van der Waals surface area contributed by atoms with Gasteiger partial charge in [-0.05, 0) is 49.8 Å². The van der Waals surface area contributed by atoms with Crippen LogP contribution in [0.4, 0.5) is 0 Å². The third-order valence-electron chi connectivity index (χ3n) is 3.83. The molecular weight excluding hydrogens is 216 g/mol. The number of rotatable bonds is 4. The second-order valence-electron chi connectivity index (χ2n) is 4.97. The van der Waals surface area contributed by atoms with Crippen molar-refractivity contribution in [3.8, 4) is 5.75 Å². The monoisotopic (exact) mass is 234 g/mol. The van der Waals surface area contributed by atoms with Gasteiger partial charge in [-0.2, -0.15) is 0 Å². The predicted octanol–water partition coefficient (Wildman–Crippen LogP) is 2.76. The zero-order valence-electron chi connectivity index (χ0n) is 10.5. The van der Waals surface area contributed by atoms with E-state index in [1.165, 1.54) is 0 Å². The molecule has 0 radical (unpaired) electrons. The maximum atomic E-state index is 11.5. The Morgan fingerprint density at radius 1 is 1.47 bits per heavy atom. The van der Waals surface area contributed by atoms with E-state index in [1.54, 1.807) is 7.11 Å². The molecule has 92 valence electrons. The Labute approximate surface area is 101 Å². The largest absolute Gasteiger partial charge is 0.496 e. The highest BCUT2D eigenvalue weighted by atomic mass is 16.5. The maximum absolute atomic E-state index is 11.5. The molecule has 0 spiro atoms. The van der Waals surface area contributed by atoms with Gasteiger partial charge < -0.3 is 9.84 Å². The fourth-order valence-corrected chi connectivity index (χ4v) is 2.40. The molecule has 0 aliphatic heterocycles. The molecule has 0 heterocycles. The van der Waals surface area contributed by atoms with Crippen molar-refractivity contribution in [3.05, 3.63) is 29.3 Å². The lowest BCUT2D eigenvalue weighted by Crippen LogP contribution is -2.34. The van der Waals surface area contributed by atoms with Crippen molar-refractivity contribution in [1.82, 2.24) is 0 Å². The predicted molar refractivity (Wildman–Crippen MR) is 65.4 cm³/mol. The van der Waals surface area contributed by atoms with Crippen molar-refractivity contribution >= 4 is 5.97 Å². The molecule has 0 saturated heterocycles. The topological polar surface area (TPSA) is 46.5 Å². The fourth-order valence-electron chi connectivity index (χ4n) is 2.40. The molecule has 1 aliphatic carbocycles. The molecule has 1 fully saturated rings. The van der Waals surface area contributed by atoms with Gasteiger partial charge in [-0.15, -0.1) is 0 Å². The highest BCUT2D eigenvalue weighted by Gasteiger charge is 2.48. The average molecular weight is 234 g/mol. The summed E-state index contributed by atoms with van der Waals surface area (Å²) in [5, 5.41) is 9.48. The summed E-state index contributed by atoms with van der Waals surface area (Å²) in [5.74, 6) is 0.342. The number of methoxy groups -OCH3 is 1. The SMILES string of the molecule is COc1ccc(C(C)(C(=O)O)C2CC2)cc1C. The lowest BCUT2D eigenvalue weighted by molar-refractivity contribution is -0.144. The maximum Gasteiger partial charge on any atom is 0.314 e. The Morgan fingerprint density at radius 2 is 2.12 bits per heavy atom. The van der Waals surface area contributed by atoms with Gasteiger partial charge in [0.1, 0.15) is 5.75 Å². The summed E-state index contributed by atoms with van der Waals surface area (Å²) in [7, 11) is 1.62. The van der Waals surface area contributed by atoms with Crippen LogP contribution in [0.2, 0.25) is 0 Å². The molecule has 2 rings (SSSR count). The standard InChI is InChI=1S/C14H18O3/c1-9-8-11(6-7-12(9)17-3)14(2,13(15)16)10-4-5-10/h6-8,10H,4-5H2,1-3H3,(H,15,16). The van der Waals surface area contributed by atoms with Crippen molar-refractivity contribution in [2.24, 2.45) is 5.92 Å². The average Bonchev–Trinajstić information content (AvgIpc) is 3.11. The van der Waals surface area contributed by atoms with E-state index >= 15 is 0 Å². The highest BCUT2D eigenvalue weighted by molar-refractivity contribution is 5.82. The Hall–Kier alpha value is -1.51. The lowest BCUT2D eigenvalue weighted by Gasteiger charge is -2.26. The molecule has 0 aromatic heterocycles. The van der Waals surface area contributed by atoms with Crippen LogP contribution in [-0.2, 0) is 10.2 Å². The summed E-state index contributed by atoms with van der Waals surface area (Å²) in [4.78, 5) is 11.5. The van der Waals surface area contributed by atoms with Gasteiger partial charge in [0, 0.05) is 0 Å². The van der Waals surface area contributed by atoms with Crippen LogP contribution in [0.15, 0.2) is 18.2 Å². The molecule has 1 aromatic rings. The molecule has 1 saturated carbocycles. The van der Waals surface area contributed by atoms with E-state index in [4.69, 9.17) is 4.74 Å². The molecule has 0 amide bonds. The molecule has 1 unspecified atom stereocenters. The molecule has 3 nitrogen and oxygen atoms in total. The van der Waals surface area contributed by atoms with Gasteiger partial charge in [0.2, 0.25) is 0 Å². The summed E-state index contributed by atoms with van der Waals surface area (Å²) in [6.45, 7) is 3.77. The minimum Gasteiger partial charge on any atom is -0.496 e. The molecule has 1 aliphatic rings. The van der Waals surface area contributed by atoms with Crippen LogP contribution in [0, 0.1) is 12.8 Å². The van der Waals surface area contributed by atoms with E-state index in [9.17, 15) is 9.90 Å². The van der Waals surface area contributed by atoms with Crippen molar-refractivity contribution in [2.45, 2.75) is 32.1 Å². The lowest BCUT2D eigenvalue weighted by atomic mass is 9.77. The van der Waals surface area contributed by atoms with Gasteiger partial charge in [-0.25, -0.2) is 0 Å². The van der Waals surface area contributed by atoms with Crippen LogP contribution in [0.1, 0.15) is 30.9 Å². The van der Waals surface area contributed by atoms with Gasteiger partial charge in [0.15, 0.2) is 0 Å². The molecule has 1 atom stereocenters. The van der Waals surface area contributed by atoms with Gasteiger partial charge in [-0.1, -0.05) is 12.1 Å². The summed E-state index contributed by atoms with van der Waals surface area (Å²) in [6, 6.07) is 5.66. The van der Waals surface area contributed by atoms with E-state index in [0.717, 1.165) is 29.7 Å². The van der Waals surface area contributed by atoms with Gasteiger partial charge in [0.25, 0.3) is 0 Å². The number of carboxylic acids is 1. The second-order valence-corrected chi connectivity index (χ2v) is 4.97. The Bertz CT molecular complexity index is 449. The molecule has 17 heavy (non-hydrogen) atoms. The molecule has 0 bridgehead atoms. The quantitative estimate of drug-likeness (QED) is 0.871. The van der Waals surface area contributed by atoms with Crippen molar-refractivity contribution in [1.29, 1.82) is 0 Å². The third kappa shape index (κ3) is 1.90. The molecule has 1 aromatic carbocycles. The van der Waals surface area contributed by atoms with Gasteiger partial charge in [-0.3, -0.25) is 4.79 Å². The number of carbonyl (C=O) groups is 1. The first-order valence-corrected chi connectivity index (χ1v) is 5.88. The zero-order chi connectivity index (χ0) is 12.6.